The average molecular weight is 407 g/mol. The van der Waals surface area contributed by atoms with Crippen molar-refractivity contribution in [2.24, 2.45) is 5.92 Å². The minimum atomic E-state index is -1.12. The van der Waals surface area contributed by atoms with E-state index < -0.39 is 23.3 Å². The van der Waals surface area contributed by atoms with E-state index in [0.29, 0.717) is 17.9 Å². The molecule has 0 N–H and O–H groups in total. The topological polar surface area (TPSA) is 0 Å². The summed E-state index contributed by atoms with van der Waals surface area (Å²) < 4.78 is 58.2. The lowest BCUT2D eigenvalue weighted by atomic mass is 9.76. The van der Waals surface area contributed by atoms with Crippen molar-refractivity contribution in [2.45, 2.75) is 77.6 Å². The van der Waals surface area contributed by atoms with Crippen molar-refractivity contribution >= 4 is 0 Å². The highest BCUT2D eigenvalue weighted by Crippen LogP contribution is 2.40. The molecule has 0 amide bonds. The quantitative estimate of drug-likeness (QED) is 0.320. The monoisotopic (exact) mass is 406 g/mol. The van der Waals surface area contributed by atoms with Crippen LogP contribution in [0.2, 0.25) is 0 Å². The molecule has 29 heavy (non-hydrogen) atoms. The average Bonchev–Trinajstić information content (AvgIpc) is 2.73. The number of aryl methyl sites for hydroxylation is 1. The summed E-state index contributed by atoms with van der Waals surface area (Å²) in [4.78, 5) is 0. The van der Waals surface area contributed by atoms with Gasteiger partial charge in [0.05, 0.1) is 0 Å². The van der Waals surface area contributed by atoms with Crippen molar-refractivity contribution in [3.05, 3.63) is 58.7 Å². The molecule has 0 unspecified atom stereocenters. The Hall–Kier alpha value is -1.84. The summed E-state index contributed by atoms with van der Waals surface area (Å²) >= 11 is 0. The molecule has 0 atom stereocenters. The van der Waals surface area contributed by atoms with Gasteiger partial charge in [0.1, 0.15) is 0 Å². The standard InChI is InChI=1S/C25H30F4/c1-3-5-6-7-16-8-10-18(11-9-16)19-14-15-21(25(29)23(19)27)20-13-12-17(4-2)22(26)24(20)28/h12-16,18H,3-11H2,1-2H3. The zero-order valence-electron chi connectivity index (χ0n) is 17.3. The molecule has 158 valence electrons. The molecule has 2 aromatic rings. The third-order valence-electron chi connectivity index (χ3n) is 6.45. The van der Waals surface area contributed by atoms with E-state index in [4.69, 9.17) is 0 Å². The number of hydrogen-bond donors (Lipinski definition) is 0. The highest BCUT2D eigenvalue weighted by atomic mass is 19.2. The first kappa shape index (κ1) is 21.9. The molecule has 2 aromatic carbocycles. The summed E-state index contributed by atoms with van der Waals surface area (Å²) in [6, 6.07) is 5.71. The van der Waals surface area contributed by atoms with Crippen LogP contribution in [-0.4, -0.2) is 0 Å². The van der Waals surface area contributed by atoms with Crippen LogP contribution in [0.4, 0.5) is 17.6 Å². The van der Waals surface area contributed by atoms with Gasteiger partial charge in [-0.25, -0.2) is 17.6 Å². The Balaban J connectivity index is 1.78. The molecule has 0 saturated heterocycles. The molecule has 3 rings (SSSR count). The maximum absolute atomic E-state index is 14.9. The number of hydrogen-bond acceptors (Lipinski definition) is 0. The Morgan fingerprint density at radius 3 is 1.97 bits per heavy atom. The van der Waals surface area contributed by atoms with E-state index >= 15 is 0 Å². The number of unbranched alkanes of at least 4 members (excludes halogenated alkanes) is 2. The van der Waals surface area contributed by atoms with E-state index in [2.05, 4.69) is 6.92 Å². The molecule has 0 spiro atoms. The smallest absolute Gasteiger partial charge is 0.167 e. The van der Waals surface area contributed by atoms with Crippen LogP contribution in [0.25, 0.3) is 11.1 Å². The Labute approximate surface area is 171 Å². The van der Waals surface area contributed by atoms with Crippen molar-refractivity contribution in [3.8, 4) is 11.1 Å². The third kappa shape index (κ3) is 4.67. The second-order valence-electron chi connectivity index (χ2n) is 8.30. The normalized spacial score (nSPS) is 19.5. The molecule has 1 aliphatic rings. The van der Waals surface area contributed by atoms with E-state index in [1.54, 1.807) is 13.0 Å². The van der Waals surface area contributed by atoms with Crippen LogP contribution in [0.15, 0.2) is 24.3 Å². The Bertz CT molecular complexity index is 835. The van der Waals surface area contributed by atoms with Gasteiger partial charge in [-0.15, -0.1) is 0 Å². The van der Waals surface area contributed by atoms with Gasteiger partial charge in [0.25, 0.3) is 0 Å². The Morgan fingerprint density at radius 2 is 1.34 bits per heavy atom. The number of halogens is 4. The van der Waals surface area contributed by atoms with Crippen molar-refractivity contribution in [2.75, 3.05) is 0 Å². The second kappa shape index (κ2) is 9.77. The SMILES string of the molecule is CCCCCC1CCC(c2ccc(-c3ccc(CC)c(F)c3F)c(F)c2F)CC1. The highest BCUT2D eigenvalue weighted by molar-refractivity contribution is 5.66. The van der Waals surface area contributed by atoms with Gasteiger partial charge in [-0.05, 0) is 55.1 Å². The summed E-state index contributed by atoms with van der Waals surface area (Å²) in [6.45, 7) is 3.90. The lowest BCUT2D eigenvalue weighted by molar-refractivity contribution is 0.298. The summed E-state index contributed by atoms with van der Waals surface area (Å²) in [5.74, 6) is -3.45. The molecule has 1 fully saturated rings. The fraction of sp³-hybridized carbons (Fsp3) is 0.520. The van der Waals surface area contributed by atoms with Gasteiger partial charge in [-0.3, -0.25) is 0 Å². The summed E-state index contributed by atoms with van der Waals surface area (Å²) in [5, 5.41) is 0. The van der Waals surface area contributed by atoms with Crippen LogP contribution >= 0.6 is 0 Å². The zero-order chi connectivity index (χ0) is 21.0. The van der Waals surface area contributed by atoms with Crippen LogP contribution in [0.5, 0.6) is 0 Å². The Morgan fingerprint density at radius 1 is 0.724 bits per heavy atom. The molecule has 0 nitrogen and oxygen atoms in total. The first-order chi connectivity index (χ1) is 14.0. The van der Waals surface area contributed by atoms with Crippen LogP contribution in [0.3, 0.4) is 0 Å². The molecule has 1 aliphatic carbocycles. The molecule has 0 radical (unpaired) electrons. The van der Waals surface area contributed by atoms with Gasteiger partial charge in [-0.1, -0.05) is 63.8 Å². The van der Waals surface area contributed by atoms with E-state index in [-0.39, 0.29) is 22.6 Å². The third-order valence-corrected chi connectivity index (χ3v) is 6.45. The molecular formula is C25H30F4. The summed E-state index contributed by atoms with van der Waals surface area (Å²) in [7, 11) is 0. The first-order valence-electron chi connectivity index (χ1n) is 10.9. The van der Waals surface area contributed by atoms with Crippen LogP contribution < -0.4 is 0 Å². The van der Waals surface area contributed by atoms with Crippen molar-refractivity contribution in [1.82, 2.24) is 0 Å². The predicted molar refractivity (Wildman–Crippen MR) is 110 cm³/mol. The van der Waals surface area contributed by atoms with E-state index in [0.717, 1.165) is 25.7 Å². The first-order valence-corrected chi connectivity index (χ1v) is 10.9. The molecule has 0 bridgehead atoms. The predicted octanol–water partition coefficient (Wildman–Crippen LogP) is 8.33. The molecule has 0 heterocycles. The van der Waals surface area contributed by atoms with Gasteiger partial charge < -0.3 is 0 Å². The zero-order valence-corrected chi connectivity index (χ0v) is 17.3. The van der Waals surface area contributed by atoms with Crippen molar-refractivity contribution < 1.29 is 17.6 Å². The van der Waals surface area contributed by atoms with E-state index in [9.17, 15) is 17.6 Å². The fourth-order valence-electron chi connectivity index (χ4n) is 4.60. The van der Waals surface area contributed by atoms with Crippen molar-refractivity contribution in [3.63, 3.8) is 0 Å². The maximum atomic E-state index is 14.9. The van der Waals surface area contributed by atoms with E-state index in [1.165, 1.54) is 43.9 Å². The van der Waals surface area contributed by atoms with Gasteiger partial charge in [0.2, 0.25) is 0 Å². The van der Waals surface area contributed by atoms with Crippen LogP contribution in [0.1, 0.15) is 82.3 Å². The summed E-state index contributed by atoms with van der Waals surface area (Å²) in [5.41, 5.74) is 0.129. The van der Waals surface area contributed by atoms with Crippen LogP contribution in [-0.2, 0) is 6.42 Å². The fourth-order valence-corrected chi connectivity index (χ4v) is 4.60. The van der Waals surface area contributed by atoms with Crippen molar-refractivity contribution in [1.29, 1.82) is 0 Å². The molecule has 0 aromatic heterocycles. The molecule has 0 aliphatic heterocycles. The molecule has 4 heteroatoms. The lowest BCUT2D eigenvalue weighted by Crippen LogP contribution is -2.15. The number of rotatable bonds is 7. The molecular weight excluding hydrogens is 376 g/mol. The van der Waals surface area contributed by atoms with Gasteiger partial charge in [-0.2, -0.15) is 0 Å². The lowest BCUT2D eigenvalue weighted by Gasteiger charge is -2.29. The van der Waals surface area contributed by atoms with Gasteiger partial charge >= 0.3 is 0 Å². The van der Waals surface area contributed by atoms with Gasteiger partial charge in [0.15, 0.2) is 23.3 Å². The van der Waals surface area contributed by atoms with E-state index in [1.807, 2.05) is 0 Å². The Kier molecular flexibility index (Phi) is 7.37. The minimum absolute atomic E-state index is 0.00924. The van der Waals surface area contributed by atoms with Gasteiger partial charge in [0, 0.05) is 11.1 Å². The molecule has 1 saturated carbocycles. The number of benzene rings is 2. The second-order valence-corrected chi connectivity index (χ2v) is 8.30. The van der Waals surface area contributed by atoms with Crippen LogP contribution in [0, 0.1) is 29.2 Å². The highest BCUT2D eigenvalue weighted by Gasteiger charge is 2.27. The minimum Gasteiger partial charge on any atom is -0.203 e. The summed E-state index contributed by atoms with van der Waals surface area (Å²) in [6.07, 6.45) is 9.01. The maximum Gasteiger partial charge on any atom is 0.167 e. The largest absolute Gasteiger partial charge is 0.203 e.